The first-order valence-electron chi connectivity index (χ1n) is 8.56. The molecule has 0 N–H and O–H groups in total. The van der Waals surface area contributed by atoms with Gasteiger partial charge in [0.25, 0.3) is 0 Å². The van der Waals surface area contributed by atoms with Crippen molar-refractivity contribution in [2.24, 2.45) is 5.92 Å². The Hall–Kier alpha value is -1.24. The lowest BCUT2D eigenvalue weighted by Crippen LogP contribution is -2.13. The normalized spacial score (nSPS) is 22.6. The molecule has 0 bridgehead atoms. The molecule has 0 heterocycles. The largest absolute Gasteiger partial charge is 0.496 e. The third kappa shape index (κ3) is 4.36. The van der Waals surface area contributed by atoms with Crippen LogP contribution in [0.3, 0.4) is 0 Å². The van der Waals surface area contributed by atoms with Crippen LogP contribution in [0.2, 0.25) is 0 Å². The van der Waals surface area contributed by atoms with Crippen LogP contribution in [0.1, 0.15) is 69.4 Å². The number of ether oxygens (including phenoxy) is 1. The number of allylic oxidation sites excluding steroid dienone is 2. The zero-order valence-corrected chi connectivity index (χ0v) is 13.9. The molecule has 1 aliphatic rings. The number of rotatable bonds is 6. The molecule has 1 nitrogen and oxygen atoms in total. The molecule has 0 atom stereocenters. The van der Waals surface area contributed by atoms with E-state index in [4.69, 9.17) is 4.74 Å². The molecule has 0 radical (unpaired) electrons. The standard InChI is InChI=1S/C20H30O/c1-4-6-8-16-9-11-17(12-10-16)18-13-14-20(21-3)19(15-18)7-5-2/h4,6,13-17H,5,7-12H2,1-3H3/t16-,17-. The highest BCUT2D eigenvalue weighted by Gasteiger charge is 2.22. The summed E-state index contributed by atoms with van der Waals surface area (Å²) in [4.78, 5) is 0. The molecule has 1 aromatic rings. The molecule has 0 aromatic heterocycles. The maximum absolute atomic E-state index is 5.49. The van der Waals surface area contributed by atoms with Crippen molar-refractivity contribution in [3.05, 3.63) is 41.5 Å². The highest BCUT2D eigenvalue weighted by atomic mass is 16.5. The second-order valence-corrected chi connectivity index (χ2v) is 6.34. The molecule has 1 fully saturated rings. The van der Waals surface area contributed by atoms with E-state index in [9.17, 15) is 0 Å². The Balaban J connectivity index is 2.01. The van der Waals surface area contributed by atoms with Crippen molar-refractivity contribution in [3.63, 3.8) is 0 Å². The smallest absolute Gasteiger partial charge is 0.122 e. The van der Waals surface area contributed by atoms with Crippen LogP contribution in [0, 0.1) is 5.92 Å². The first-order chi connectivity index (χ1) is 10.3. The van der Waals surface area contributed by atoms with E-state index in [1.807, 2.05) is 0 Å². The van der Waals surface area contributed by atoms with Crippen molar-refractivity contribution in [2.45, 2.75) is 64.7 Å². The Morgan fingerprint density at radius 3 is 2.57 bits per heavy atom. The lowest BCUT2D eigenvalue weighted by atomic mass is 9.77. The molecule has 0 unspecified atom stereocenters. The second-order valence-electron chi connectivity index (χ2n) is 6.34. The van der Waals surface area contributed by atoms with E-state index in [2.05, 4.69) is 44.2 Å². The van der Waals surface area contributed by atoms with E-state index < -0.39 is 0 Å². The van der Waals surface area contributed by atoms with E-state index in [0.717, 1.165) is 24.0 Å². The molecule has 1 aromatic carbocycles. The summed E-state index contributed by atoms with van der Waals surface area (Å²) in [7, 11) is 1.78. The van der Waals surface area contributed by atoms with Crippen LogP contribution in [0.25, 0.3) is 0 Å². The first-order valence-corrected chi connectivity index (χ1v) is 8.56. The van der Waals surface area contributed by atoms with Crippen LogP contribution in [0.4, 0.5) is 0 Å². The van der Waals surface area contributed by atoms with Gasteiger partial charge >= 0.3 is 0 Å². The molecular weight excluding hydrogens is 256 g/mol. The van der Waals surface area contributed by atoms with Crippen molar-refractivity contribution in [1.29, 1.82) is 0 Å². The average molecular weight is 286 g/mol. The predicted molar refractivity (Wildman–Crippen MR) is 91.1 cm³/mol. The summed E-state index contributed by atoms with van der Waals surface area (Å²) in [5.74, 6) is 2.72. The molecule has 0 aliphatic heterocycles. The topological polar surface area (TPSA) is 9.23 Å². The fraction of sp³-hybridized carbons (Fsp3) is 0.600. The molecule has 21 heavy (non-hydrogen) atoms. The first kappa shape index (κ1) is 16.1. The van der Waals surface area contributed by atoms with Gasteiger partial charge in [-0.3, -0.25) is 0 Å². The molecule has 0 saturated heterocycles. The summed E-state index contributed by atoms with van der Waals surface area (Å²) in [5, 5.41) is 0. The lowest BCUT2D eigenvalue weighted by molar-refractivity contribution is 0.328. The van der Waals surface area contributed by atoms with Crippen LogP contribution in [-0.4, -0.2) is 7.11 Å². The van der Waals surface area contributed by atoms with Gasteiger partial charge in [-0.05, 0) is 74.5 Å². The molecule has 0 spiro atoms. The van der Waals surface area contributed by atoms with E-state index in [1.165, 1.54) is 49.7 Å². The monoisotopic (exact) mass is 286 g/mol. The fourth-order valence-electron chi connectivity index (χ4n) is 3.58. The van der Waals surface area contributed by atoms with Gasteiger partial charge in [-0.2, -0.15) is 0 Å². The van der Waals surface area contributed by atoms with Crippen LogP contribution < -0.4 is 4.74 Å². The molecule has 1 saturated carbocycles. The van der Waals surface area contributed by atoms with Crippen LogP contribution in [0.15, 0.2) is 30.4 Å². The summed E-state index contributed by atoms with van der Waals surface area (Å²) < 4.78 is 5.49. The van der Waals surface area contributed by atoms with Gasteiger partial charge in [-0.25, -0.2) is 0 Å². The SMILES string of the molecule is CC=CC[C@H]1CC[C@H](c2ccc(OC)c(CCC)c2)CC1. The molecule has 116 valence electrons. The van der Waals surface area contributed by atoms with Crippen molar-refractivity contribution in [3.8, 4) is 5.75 Å². The maximum atomic E-state index is 5.49. The minimum absolute atomic E-state index is 0.758. The Bertz CT molecular complexity index is 453. The van der Waals surface area contributed by atoms with Gasteiger partial charge in [0, 0.05) is 0 Å². The van der Waals surface area contributed by atoms with Gasteiger partial charge in [0.15, 0.2) is 0 Å². The van der Waals surface area contributed by atoms with Crippen LogP contribution in [0.5, 0.6) is 5.75 Å². The lowest BCUT2D eigenvalue weighted by Gasteiger charge is -2.28. The van der Waals surface area contributed by atoms with Gasteiger partial charge in [0.1, 0.15) is 5.75 Å². The molecule has 1 aliphatic carbocycles. The minimum Gasteiger partial charge on any atom is -0.496 e. The van der Waals surface area contributed by atoms with E-state index in [-0.39, 0.29) is 0 Å². The van der Waals surface area contributed by atoms with Crippen LogP contribution in [-0.2, 0) is 6.42 Å². The summed E-state index contributed by atoms with van der Waals surface area (Å²) >= 11 is 0. The zero-order chi connectivity index (χ0) is 15.1. The van der Waals surface area contributed by atoms with Crippen molar-refractivity contribution < 1.29 is 4.74 Å². The minimum atomic E-state index is 0.758. The van der Waals surface area contributed by atoms with Gasteiger partial charge in [-0.1, -0.05) is 37.6 Å². The van der Waals surface area contributed by atoms with E-state index in [1.54, 1.807) is 7.11 Å². The van der Waals surface area contributed by atoms with Crippen LogP contribution >= 0.6 is 0 Å². The van der Waals surface area contributed by atoms with Crippen molar-refractivity contribution >= 4 is 0 Å². The summed E-state index contributed by atoms with van der Waals surface area (Å²) in [6.45, 7) is 4.36. The van der Waals surface area contributed by atoms with E-state index in [0.29, 0.717) is 0 Å². The molecular formula is C20H30O. The number of aryl methyl sites for hydroxylation is 1. The predicted octanol–water partition coefficient (Wildman–Crippen LogP) is 5.89. The number of hydrogen-bond donors (Lipinski definition) is 0. The Morgan fingerprint density at radius 2 is 1.95 bits per heavy atom. The molecule has 0 amide bonds. The third-order valence-corrected chi connectivity index (χ3v) is 4.85. The number of methoxy groups -OCH3 is 1. The Morgan fingerprint density at radius 1 is 1.19 bits per heavy atom. The van der Waals surface area contributed by atoms with Gasteiger partial charge in [-0.15, -0.1) is 0 Å². The zero-order valence-electron chi connectivity index (χ0n) is 13.9. The van der Waals surface area contributed by atoms with Gasteiger partial charge < -0.3 is 4.74 Å². The highest BCUT2D eigenvalue weighted by molar-refractivity contribution is 5.39. The van der Waals surface area contributed by atoms with Crippen molar-refractivity contribution in [1.82, 2.24) is 0 Å². The quantitative estimate of drug-likeness (QED) is 0.593. The second kappa shape index (κ2) is 8.26. The third-order valence-electron chi connectivity index (χ3n) is 4.85. The summed E-state index contributed by atoms with van der Waals surface area (Å²) in [6, 6.07) is 6.86. The average Bonchev–Trinajstić information content (AvgIpc) is 2.53. The number of benzene rings is 1. The summed E-state index contributed by atoms with van der Waals surface area (Å²) in [6.07, 6.45) is 13.5. The number of hydrogen-bond acceptors (Lipinski definition) is 1. The fourth-order valence-corrected chi connectivity index (χ4v) is 3.58. The van der Waals surface area contributed by atoms with E-state index >= 15 is 0 Å². The van der Waals surface area contributed by atoms with Gasteiger partial charge in [0.05, 0.1) is 7.11 Å². The maximum Gasteiger partial charge on any atom is 0.122 e. The summed E-state index contributed by atoms with van der Waals surface area (Å²) in [5.41, 5.74) is 2.91. The highest BCUT2D eigenvalue weighted by Crippen LogP contribution is 2.38. The van der Waals surface area contributed by atoms with Gasteiger partial charge in [0.2, 0.25) is 0 Å². The Labute approximate surface area is 130 Å². The molecule has 2 rings (SSSR count). The molecule has 1 heteroatoms. The Kier molecular flexibility index (Phi) is 6.35. The van der Waals surface area contributed by atoms with Crippen molar-refractivity contribution in [2.75, 3.05) is 7.11 Å².